The number of ether oxygens (including phenoxy) is 3. The van der Waals surface area contributed by atoms with Crippen molar-refractivity contribution in [3.8, 4) is 22.6 Å². The zero-order chi connectivity index (χ0) is 25.9. The van der Waals surface area contributed by atoms with Crippen molar-refractivity contribution < 1.29 is 28.6 Å². The molecule has 7 nitrogen and oxygen atoms in total. The normalized spacial score (nSPS) is 14.7. The van der Waals surface area contributed by atoms with Crippen LogP contribution in [0, 0.1) is 5.92 Å². The van der Waals surface area contributed by atoms with Crippen LogP contribution in [-0.2, 0) is 33.8 Å². The van der Waals surface area contributed by atoms with E-state index in [-0.39, 0.29) is 23.8 Å². The molecule has 0 saturated heterocycles. The monoisotopic (exact) mass is 501 g/mol. The lowest BCUT2D eigenvalue weighted by molar-refractivity contribution is -0.142. The third kappa shape index (κ3) is 5.47. The van der Waals surface area contributed by atoms with Crippen LogP contribution in [0.2, 0.25) is 0 Å². The molecule has 3 aromatic rings. The summed E-state index contributed by atoms with van der Waals surface area (Å²) in [6.45, 7) is 1.85. The van der Waals surface area contributed by atoms with Crippen LogP contribution in [0.15, 0.2) is 54.6 Å². The molecule has 0 aromatic heterocycles. The average molecular weight is 502 g/mol. The number of nitrogens with one attached hydrogen (secondary N) is 1. The Balaban J connectivity index is 1.44. The molecule has 2 aliphatic rings. The summed E-state index contributed by atoms with van der Waals surface area (Å²) in [5.74, 6) is 0.515. The Morgan fingerprint density at radius 3 is 2.14 bits per heavy atom. The van der Waals surface area contributed by atoms with E-state index in [2.05, 4.69) is 29.7 Å². The molecule has 1 saturated carbocycles. The maximum atomic E-state index is 12.3. The summed E-state index contributed by atoms with van der Waals surface area (Å²) in [6.07, 6.45) is 3.58. The minimum absolute atomic E-state index is 0.00158. The molecule has 192 valence electrons. The zero-order valence-corrected chi connectivity index (χ0v) is 21.3. The predicted octanol–water partition coefficient (Wildman–Crippen LogP) is 5.54. The fraction of sp³-hybridized carbons (Fsp3) is 0.333. The van der Waals surface area contributed by atoms with Gasteiger partial charge in [0.1, 0.15) is 17.1 Å². The lowest BCUT2D eigenvalue weighted by Crippen LogP contribution is -2.14. The van der Waals surface area contributed by atoms with Gasteiger partial charge in [0.05, 0.1) is 38.5 Å². The first-order valence-corrected chi connectivity index (χ1v) is 12.5. The molecular weight excluding hydrogens is 470 g/mol. The van der Waals surface area contributed by atoms with Gasteiger partial charge in [0, 0.05) is 0 Å². The molecule has 0 radical (unpaired) electrons. The molecule has 0 amide bonds. The maximum Gasteiger partial charge on any atom is 0.335 e. The van der Waals surface area contributed by atoms with Crippen LogP contribution in [0.4, 0.5) is 5.69 Å². The first kappa shape index (κ1) is 24.8. The molecule has 0 bridgehead atoms. The fourth-order valence-electron chi connectivity index (χ4n) is 4.83. The number of anilines is 1. The van der Waals surface area contributed by atoms with E-state index in [1.54, 1.807) is 0 Å². The molecule has 7 heteroatoms. The predicted molar refractivity (Wildman–Crippen MR) is 140 cm³/mol. The van der Waals surface area contributed by atoms with Crippen LogP contribution in [-0.4, -0.2) is 32.1 Å². The van der Waals surface area contributed by atoms with Crippen LogP contribution in [0.25, 0.3) is 11.1 Å². The van der Waals surface area contributed by atoms with Gasteiger partial charge < -0.3 is 19.0 Å². The van der Waals surface area contributed by atoms with Gasteiger partial charge in [0.25, 0.3) is 0 Å². The summed E-state index contributed by atoms with van der Waals surface area (Å²) in [4.78, 5) is 29.6. The Morgan fingerprint density at radius 2 is 1.57 bits per heavy atom. The van der Waals surface area contributed by atoms with Crippen molar-refractivity contribution in [2.45, 2.75) is 45.3 Å². The van der Waals surface area contributed by atoms with Crippen molar-refractivity contribution >= 4 is 17.4 Å². The van der Waals surface area contributed by atoms with Crippen LogP contribution >= 0.6 is 0 Å². The number of hydrogen-bond donors (Lipinski definition) is 1. The van der Waals surface area contributed by atoms with E-state index >= 15 is 0 Å². The smallest absolute Gasteiger partial charge is 0.335 e. The average Bonchev–Trinajstić information content (AvgIpc) is 3.68. The SMILES string of the molecule is COc1cc(-c2ccc(NOC(=O)C3CC3)cc2COC2Cc3ccccc3C2)cc(OC)c1C(C)=O. The highest BCUT2D eigenvalue weighted by atomic mass is 16.7. The number of Topliss-reactive ketones (excluding diaryl/α,β-unsaturated/α-hetero) is 1. The second-order valence-electron chi connectivity index (χ2n) is 9.59. The van der Waals surface area contributed by atoms with E-state index in [1.165, 1.54) is 32.3 Å². The van der Waals surface area contributed by atoms with E-state index in [0.717, 1.165) is 42.4 Å². The van der Waals surface area contributed by atoms with Gasteiger partial charge in [-0.15, -0.1) is 0 Å². The van der Waals surface area contributed by atoms with Crippen LogP contribution in [0.3, 0.4) is 0 Å². The molecule has 0 heterocycles. The Labute approximate surface area is 216 Å². The van der Waals surface area contributed by atoms with E-state index in [0.29, 0.717) is 29.4 Å². The third-order valence-corrected chi connectivity index (χ3v) is 6.94. The van der Waals surface area contributed by atoms with Crippen molar-refractivity contribution in [3.63, 3.8) is 0 Å². The van der Waals surface area contributed by atoms with E-state index in [9.17, 15) is 9.59 Å². The van der Waals surface area contributed by atoms with Gasteiger partial charge in [-0.2, -0.15) is 0 Å². The van der Waals surface area contributed by atoms with Crippen LogP contribution < -0.4 is 15.0 Å². The molecule has 0 spiro atoms. The number of fused-ring (bicyclic) bond motifs is 1. The topological polar surface area (TPSA) is 83.1 Å². The van der Waals surface area contributed by atoms with Gasteiger partial charge >= 0.3 is 5.97 Å². The van der Waals surface area contributed by atoms with Gasteiger partial charge in [-0.05, 0) is 84.7 Å². The van der Waals surface area contributed by atoms with Crippen molar-refractivity contribution in [3.05, 3.63) is 76.9 Å². The molecule has 2 aliphatic carbocycles. The molecule has 0 atom stereocenters. The Bertz CT molecular complexity index is 1280. The molecule has 0 unspecified atom stereocenters. The number of rotatable bonds is 10. The first-order valence-electron chi connectivity index (χ1n) is 12.5. The maximum absolute atomic E-state index is 12.3. The summed E-state index contributed by atoms with van der Waals surface area (Å²) < 4.78 is 17.5. The molecule has 1 fully saturated rings. The minimum Gasteiger partial charge on any atom is -0.496 e. The Morgan fingerprint density at radius 1 is 0.919 bits per heavy atom. The van der Waals surface area contributed by atoms with Crippen molar-refractivity contribution in [1.29, 1.82) is 0 Å². The second-order valence-corrected chi connectivity index (χ2v) is 9.59. The highest BCUT2D eigenvalue weighted by Crippen LogP contribution is 2.38. The summed E-state index contributed by atoms with van der Waals surface area (Å²) in [5, 5.41) is 0. The highest BCUT2D eigenvalue weighted by Gasteiger charge is 2.32. The van der Waals surface area contributed by atoms with Gasteiger partial charge in [0.15, 0.2) is 5.78 Å². The molecule has 3 aromatic carbocycles. The Kier molecular flexibility index (Phi) is 7.15. The zero-order valence-electron chi connectivity index (χ0n) is 21.3. The van der Waals surface area contributed by atoms with Gasteiger partial charge in [-0.25, -0.2) is 10.3 Å². The number of carbonyl (C=O) groups excluding carboxylic acids is 2. The molecule has 37 heavy (non-hydrogen) atoms. The van der Waals surface area contributed by atoms with Crippen molar-refractivity contribution in [2.75, 3.05) is 19.7 Å². The lowest BCUT2D eigenvalue weighted by atomic mass is 9.96. The number of methoxy groups -OCH3 is 2. The van der Waals surface area contributed by atoms with E-state index in [1.807, 2.05) is 30.3 Å². The fourth-order valence-corrected chi connectivity index (χ4v) is 4.83. The highest BCUT2D eigenvalue weighted by molar-refractivity contribution is 6.00. The minimum atomic E-state index is -0.236. The third-order valence-electron chi connectivity index (χ3n) is 6.94. The van der Waals surface area contributed by atoms with Crippen LogP contribution in [0.1, 0.15) is 46.8 Å². The summed E-state index contributed by atoms with van der Waals surface area (Å²) >= 11 is 0. The largest absolute Gasteiger partial charge is 0.496 e. The van der Waals surface area contributed by atoms with E-state index in [4.69, 9.17) is 19.0 Å². The molecule has 5 rings (SSSR count). The number of carbonyl (C=O) groups is 2. The van der Waals surface area contributed by atoms with E-state index < -0.39 is 0 Å². The lowest BCUT2D eigenvalue weighted by Gasteiger charge is -2.18. The quantitative estimate of drug-likeness (QED) is 0.289. The summed E-state index contributed by atoms with van der Waals surface area (Å²) in [7, 11) is 3.07. The number of benzene rings is 3. The Hall–Kier alpha value is -3.84. The number of hydrogen-bond acceptors (Lipinski definition) is 7. The van der Waals surface area contributed by atoms with Gasteiger partial charge in [-0.1, -0.05) is 30.3 Å². The number of ketones is 1. The molecule has 1 N–H and O–H groups in total. The standard InChI is InChI=1S/C30H31NO6/c1-18(32)29-27(34-2)15-22(16-28(29)35-3)26-11-10-24(31-37-30(33)19-8-9-19)12-23(26)17-36-25-13-20-6-4-5-7-21(20)14-25/h4-7,10-12,15-16,19,25,31H,8-9,13-14,17H2,1-3H3. The van der Waals surface area contributed by atoms with Crippen LogP contribution in [0.5, 0.6) is 11.5 Å². The first-order chi connectivity index (χ1) is 18.0. The second kappa shape index (κ2) is 10.6. The molecule has 0 aliphatic heterocycles. The van der Waals surface area contributed by atoms with Gasteiger partial charge in [0.2, 0.25) is 0 Å². The summed E-state index contributed by atoms with van der Waals surface area (Å²) in [6, 6.07) is 17.8. The summed E-state index contributed by atoms with van der Waals surface area (Å²) in [5.41, 5.74) is 9.14. The van der Waals surface area contributed by atoms with Crippen molar-refractivity contribution in [1.82, 2.24) is 0 Å². The van der Waals surface area contributed by atoms with Gasteiger partial charge in [-0.3, -0.25) is 4.79 Å². The van der Waals surface area contributed by atoms with Crippen molar-refractivity contribution in [2.24, 2.45) is 5.92 Å². The molecular formula is C30H31NO6.